The summed E-state index contributed by atoms with van der Waals surface area (Å²) in [5, 5.41) is 4.27. The molecule has 0 aliphatic rings. The fourth-order valence-corrected chi connectivity index (χ4v) is 2.13. The van der Waals surface area contributed by atoms with Crippen LogP contribution in [0.2, 0.25) is 0 Å². The average molecular weight is 310 g/mol. The van der Waals surface area contributed by atoms with E-state index in [1.165, 1.54) is 0 Å². The summed E-state index contributed by atoms with van der Waals surface area (Å²) in [7, 11) is 3.10. The minimum absolute atomic E-state index is 0.306. The third-order valence-corrected chi connectivity index (χ3v) is 3.22. The van der Waals surface area contributed by atoms with Crippen LogP contribution in [0.15, 0.2) is 42.6 Å². The van der Waals surface area contributed by atoms with Crippen LogP contribution in [0.3, 0.4) is 0 Å². The van der Waals surface area contributed by atoms with Crippen molar-refractivity contribution in [2.45, 2.75) is 0 Å². The lowest BCUT2D eigenvalue weighted by Gasteiger charge is -2.08. The number of nitrogens with zero attached hydrogens (tertiary/aromatic N) is 4. The monoisotopic (exact) mass is 310 g/mol. The number of hydrogen-bond acceptors (Lipinski definition) is 6. The summed E-state index contributed by atoms with van der Waals surface area (Å²) in [6.07, 6.45) is 2.31. The molecule has 0 N–H and O–H groups in total. The standard InChI is InChI=1S/C16H14N4O3/c1-22-15-7-6-12(9-17-15)20-14(8-11(10-21)19-20)13-4-3-5-16(18-13)23-2/h3-10H,1-2H3. The highest BCUT2D eigenvalue weighted by Crippen LogP contribution is 2.24. The Morgan fingerprint density at radius 1 is 1.09 bits per heavy atom. The van der Waals surface area contributed by atoms with Crippen molar-refractivity contribution in [1.29, 1.82) is 0 Å². The molecule has 0 amide bonds. The molecule has 3 heterocycles. The highest BCUT2D eigenvalue weighted by atomic mass is 16.5. The predicted octanol–water partition coefficient (Wildman–Crippen LogP) is 2.16. The van der Waals surface area contributed by atoms with Crippen LogP contribution in [-0.2, 0) is 0 Å². The summed E-state index contributed by atoms with van der Waals surface area (Å²) in [5.74, 6) is 0.980. The summed E-state index contributed by atoms with van der Waals surface area (Å²) < 4.78 is 11.8. The molecular formula is C16H14N4O3. The van der Waals surface area contributed by atoms with Crippen molar-refractivity contribution >= 4 is 6.29 Å². The fourth-order valence-electron chi connectivity index (χ4n) is 2.13. The van der Waals surface area contributed by atoms with Gasteiger partial charge < -0.3 is 9.47 Å². The second kappa shape index (κ2) is 6.27. The third kappa shape index (κ3) is 2.89. The second-order valence-corrected chi connectivity index (χ2v) is 4.61. The molecule has 0 bridgehead atoms. The molecule has 7 heteroatoms. The zero-order valence-electron chi connectivity index (χ0n) is 12.6. The first kappa shape index (κ1) is 14.7. The SMILES string of the molecule is COc1ccc(-n2nc(C=O)cc2-c2cccc(OC)n2)cn1. The van der Waals surface area contributed by atoms with E-state index in [1.54, 1.807) is 49.4 Å². The van der Waals surface area contributed by atoms with Crippen LogP contribution in [0.4, 0.5) is 0 Å². The Balaban J connectivity index is 2.12. The van der Waals surface area contributed by atoms with Gasteiger partial charge in [0.25, 0.3) is 0 Å². The van der Waals surface area contributed by atoms with Crippen molar-refractivity contribution in [3.63, 3.8) is 0 Å². The van der Waals surface area contributed by atoms with E-state index in [9.17, 15) is 4.79 Å². The number of carbonyl (C=O) groups is 1. The van der Waals surface area contributed by atoms with Crippen molar-refractivity contribution < 1.29 is 14.3 Å². The smallest absolute Gasteiger partial charge is 0.213 e. The van der Waals surface area contributed by atoms with Crippen molar-refractivity contribution in [2.24, 2.45) is 0 Å². The third-order valence-electron chi connectivity index (χ3n) is 3.22. The van der Waals surface area contributed by atoms with Gasteiger partial charge in [-0.25, -0.2) is 14.6 Å². The van der Waals surface area contributed by atoms with E-state index in [-0.39, 0.29) is 0 Å². The molecular weight excluding hydrogens is 296 g/mol. The van der Waals surface area contributed by atoms with E-state index in [2.05, 4.69) is 15.1 Å². The van der Waals surface area contributed by atoms with Gasteiger partial charge in [-0.2, -0.15) is 5.10 Å². The van der Waals surface area contributed by atoms with Crippen LogP contribution in [0.5, 0.6) is 11.8 Å². The van der Waals surface area contributed by atoms with E-state index in [1.807, 2.05) is 12.1 Å². The predicted molar refractivity (Wildman–Crippen MR) is 83.1 cm³/mol. The molecule has 3 aromatic rings. The molecule has 0 aliphatic carbocycles. The summed E-state index contributed by atoms with van der Waals surface area (Å²) in [4.78, 5) is 19.6. The lowest BCUT2D eigenvalue weighted by molar-refractivity contribution is 0.111. The molecule has 0 radical (unpaired) electrons. The summed E-state index contributed by atoms with van der Waals surface area (Å²) in [6, 6.07) is 10.6. The van der Waals surface area contributed by atoms with Gasteiger partial charge in [0, 0.05) is 12.1 Å². The minimum atomic E-state index is 0.306. The van der Waals surface area contributed by atoms with Crippen molar-refractivity contribution in [1.82, 2.24) is 19.7 Å². The number of methoxy groups -OCH3 is 2. The van der Waals surface area contributed by atoms with E-state index >= 15 is 0 Å². The topological polar surface area (TPSA) is 79.1 Å². The molecule has 0 fully saturated rings. The second-order valence-electron chi connectivity index (χ2n) is 4.61. The van der Waals surface area contributed by atoms with Crippen molar-refractivity contribution in [2.75, 3.05) is 14.2 Å². The molecule has 0 spiro atoms. The molecule has 23 heavy (non-hydrogen) atoms. The maximum Gasteiger partial charge on any atom is 0.213 e. The van der Waals surface area contributed by atoms with Gasteiger partial charge in [-0.3, -0.25) is 4.79 Å². The van der Waals surface area contributed by atoms with Gasteiger partial charge in [0.15, 0.2) is 6.29 Å². The van der Waals surface area contributed by atoms with E-state index in [4.69, 9.17) is 9.47 Å². The highest BCUT2D eigenvalue weighted by Gasteiger charge is 2.13. The van der Waals surface area contributed by atoms with Crippen LogP contribution in [-0.4, -0.2) is 40.3 Å². The number of carbonyl (C=O) groups excluding carboxylic acids is 1. The molecule has 7 nitrogen and oxygen atoms in total. The Hall–Kier alpha value is -3.22. The first-order valence-electron chi connectivity index (χ1n) is 6.82. The van der Waals surface area contributed by atoms with Gasteiger partial charge in [0.2, 0.25) is 11.8 Å². The molecule has 116 valence electrons. The maximum atomic E-state index is 11.1. The van der Waals surface area contributed by atoms with E-state index in [0.717, 1.165) is 0 Å². The first-order valence-corrected chi connectivity index (χ1v) is 6.82. The van der Waals surface area contributed by atoms with Gasteiger partial charge in [-0.1, -0.05) is 6.07 Å². The fraction of sp³-hybridized carbons (Fsp3) is 0.125. The largest absolute Gasteiger partial charge is 0.481 e. The number of aldehydes is 1. The number of ether oxygens (including phenoxy) is 2. The first-order chi connectivity index (χ1) is 11.2. The van der Waals surface area contributed by atoms with Crippen LogP contribution in [0, 0.1) is 0 Å². The van der Waals surface area contributed by atoms with Crippen molar-refractivity contribution in [3.05, 3.63) is 48.3 Å². The lowest BCUT2D eigenvalue weighted by Crippen LogP contribution is -2.02. The van der Waals surface area contributed by atoms with Gasteiger partial charge in [-0.05, 0) is 18.2 Å². The average Bonchev–Trinajstić information content (AvgIpc) is 3.06. The van der Waals surface area contributed by atoms with Gasteiger partial charge in [-0.15, -0.1) is 0 Å². The zero-order chi connectivity index (χ0) is 16.2. The van der Waals surface area contributed by atoms with E-state index in [0.29, 0.717) is 40.8 Å². The summed E-state index contributed by atoms with van der Waals surface area (Å²) >= 11 is 0. The molecule has 3 rings (SSSR count). The molecule has 0 saturated heterocycles. The quantitative estimate of drug-likeness (QED) is 0.672. The number of hydrogen-bond donors (Lipinski definition) is 0. The Kier molecular flexibility index (Phi) is 4.01. The Labute approximate surface area is 132 Å². The normalized spacial score (nSPS) is 10.3. The van der Waals surface area contributed by atoms with E-state index < -0.39 is 0 Å². The Bertz CT molecular complexity index is 828. The molecule has 0 unspecified atom stereocenters. The summed E-state index contributed by atoms with van der Waals surface area (Å²) in [5.41, 5.74) is 2.30. The minimum Gasteiger partial charge on any atom is -0.481 e. The lowest BCUT2D eigenvalue weighted by atomic mass is 10.2. The van der Waals surface area contributed by atoms with Crippen LogP contribution < -0.4 is 9.47 Å². The number of pyridine rings is 2. The number of rotatable bonds is 5. The maximum absolute atomic E-state index is 11.1. The Morgan fingerprint density at radius 2 is 1.91 bits per heavy atom. The van der Waals surface area contributed by atoms with Crippen LogP contribution >= 0.6 is 0 Å². The van der Waals surface area contributed by atoms with Gasteiger partial charge in [0.05, 0.1) is 37.5 Å². The molecule has 3 aromatic heterocycles. The highest BCUT2D eigenvalue weighted by molar-refractivity contribution is 5.75. The van der Waals surface area contributed by atoms with Crippen LogP contribution in [0.25, 0.3) is 17.1 Å². The Morgan fingerprint density at radius 3 is 2.57 bits per heavy atom. The molecule has 0 aromatic carbocycles. The van der Waals surface area contributed by atoms with Gasteiger partial charge >= 0.3 is 0 Å². The zero-order valence-corrected chi connectivity index (χ0v) is 12.6. The van der Waals surface area contributed by atoms with Crippen molar-refractivity contribution in [3.8, 4) is 28.8 Å². The van der Waals surface area contributed by atoms with Gasteiger partial charge in [0.1, 0.15) is 5.69 Å². The number of aromatic nitrogens is 4. The molecule has 0 saturated carbocycles. The molecule has 0 aliphatic heterocycles. The van der Waals surface area contributed by atoms with Crippen LogP contribution in [0.1, 0.15) is 10.5 Å². The summed E-state index contributed by atoms with van der Waals surface area (Å²) in [6.45, 7) is 0. The molecule has 0 atom stereocenters.